The van der Waals surface area contributed by atoms with E-state index >= 15 is 0 Å². The third-order valence-electron chi connectivity index (χ3n) is 3.76. The second kappa shape index (κ2) is 7.69. The molecule has 0 saturated carbocycles. The van der Waals surface area contributed by atoms with Crippen molar-refractivity contribution in [2.75, 3.05) is 26.1 Å². The lowest BCUT2D eigenvalue weighted by atomic mass is 10.2. The summed E-state index contributed by atoms with van der Waals surface area (Å²) in [6.07, 6.45) is 0. The fourth-order valence-electron chi connectivity index (χ4n) is 2.36. The van der Waals surface area contributed by atoms with Crippen molar-refractivity contribution in [1.29, 1.82) is 0 Å². The van der Waals surface area contributed by atoms with Gasteiger partial charge >= 0.3 is 5.97 Å². The van der Waals surface area contributed by atoms with Gasteiger partial charge in [0.2, 0.25) is 5.82 Å². The van der Waals surface area contributed by atoms with Crippen molar-refractivity contribution < 1.29 is 18.8 Å². The first-order chi connectivity index (χ1) is 12.6. The van der Waals surface area contributed by atoms with Gasteiger partial charge in [-0.2, -0.15) is 4.98 Å². The number of methoxy groups -OCH3 is 1. The molecule has 7 nitrogen and oxygen atoms in total. The van der Waals surface area contributed by atoms with E-state index in [1.165, 1.54) is 0 Å². The Morgan fingerprint density at radius 2 is 1.85 bits per heavy atom. The summed E-state index contributed by atoms with van der Waals surface area (Å²) < 4.78 is 15.7. The molecule has 3 rings (SSSR count). The monoisotopic (exact) mass is 353 g/mol. The summed E-state index contributed by atoms with van der Waals surface area (Å²) in [7, 11) is 5.44. The van der Waals surface area contributed by atoms with Crippen molar-refractivity contribution in [3.05, 3.63) is 60.0 Å². The predicted octanol–water partition coefficient (Wildman–Crippen LogP) is 3.17. The smallest absolute Gasteiger partial charge is 0.338 e. The second-order valence-electron chi connectivity index (χ2n) is 5.73. The number of carbonyl (C=O) groups is 1. The molecule has 2 aromatic carbocycles. The summed E-state index contributed by atoms with van der Waals surface area (Å²) >= 11 is 0. The summed E-state index contributed by atoms with van der Waals surface area (Å²) in [6, 6.07) is 14.5. The zero-order valence-corrected chi connectivity index (χ0v) is 14.8. The van der Waals surface area contributed by atoms with Crippen LogP contribution in [0.25, 0.3) is 11.4 Å². The Morgan fingerprint density at radius 3 is 2.54 bits per heavy atom. The minimum Gasteiger partial charge on any atom is -0.496 e. The van der Waals surface area contributed by atoms with E-state index in [-0.39, 0.29) is 12.5 Å². The lowest BCUT2D eigenvalue weighted by Gasteiger charge is -2.12. The first-order valence-corrected chi connectivity index (χ1v) is 7.99. The van der Waals surface area contributed by atoms with Gasteiger partial charge in [0.05, 0.1) is 18.2 Å². The van der Waals surface area contributed by atoms with E-state index in [4.69, 9.17) is 14.0 Å². The molecule has 0 radical (unpaired) electrons. The summed E-state index contributed by atoms with van der Waals surface area (Å²) in [5, 5.41) is 3.91. The van der Waals surface area contributed by atoms with Crippen LogP contribution < -0.4 is 9.64 Å². The molecule has 0 N–H and O–H groups in total. The van der Waals surface area contributed by atoms with Gasteiger partial charge in [-0.3, -0.25) is 0 Å². The van der Waals surface area contributed by atoms with Crippen LogP contribution in [0.3, 0.4) is 0 Å². The van der Waals surface area contributed by atoms with Crippen LogP contribution in [0.5, 0.6) is 5.75 Å². The molecule has 0 saturated heterocycles. The van der Waals surface area contributed by atoms with Gasteiger partial charge in [-0.15, -0.1) is 0 Å². The second-order valence-corrected chi connectivity index (χ2v) is 5.73. The van der Waals surface area contributed by atoms with E-state index in [9.17, 15) is 4.79 Å². The molecule has 1 heterocycles. The highest BCUT2D eigenvalue weighted by Crippen LogP contribution is 2.27. The number of ether oxygens (including phenoxy) is 2. The van der Waals surface area contributed by atoms with Gasteiger partial charge in [0.1, 0.15) is 5.75 Å². The summed E-state index contributed by atoms with van der Waals surface area (Å²) in [4.78, 5) is 18.3. The molecule has 0 spiro atoms. The number of hydrogen-bond donors (Lipinski definition) is 0. The van der Waals surface area contributed by atoms with Gasteiger partial charge in [0, 0.05) is 19.8 Å². The number of hydrogen-bond acceptors (Lipinski definition) is 7. The molecular formula is C19H19N3O4. The Labute approximate surface area is 151 Å². The summed E-state index contributed by atoms with van der Waals surface area (Å²) in [5.41, 5.74) is 2.16. The van der Waals surface area contributed by atoms with E-state index in [1.807, 2.05) is 55.4 Å². The number of para-hydroxylation sites is 1. The van der Waals surface area contributed by atoms with Crippen LogP contribution in [-0.4, -0.2) is 37.3 Å². The largest absolute Gasteiger partial charge is 0.496 e. The first-order valence-electron chi connectivity index (χ1n) is 7.99. The van der Waals surface area contributed by atoms with Gasteiger partial charge in [-0.05, 0) is 36.4 Å². The molecule has 0 atom stereocenters. The number of carbonyl (C=O) groups excluding carboxylic acids is 1. The third-order valence-corrected chi connectivity index (χ3v) is 3.76. The van der Waals surface area contributed by atoms with Gasteiger partial charge in [0.25, 0.3) is 5.89 Å². The lowest BCUT2D eigenvalue weighted by molar-refractivity contribution is 0.0430. The van der Waals surface area contributed by atoms with Crippen LogP contribution >= 0.6 is 0 Å². The van der Waals surface area contributed by atoms with Crippen LogP contribution in [0.4, 0.5) is 5.69 Å². The number of esters is 1. The molecule has 0 unspecified atom stereocenters. The maximum absolute atomic E-state index is 12.1. The molecule has 1 aromatic heterocycles. The van der Waals surface area contributed by atoms with Crippen molar-refractivity contribution in [2.24, 2.45) is 0 Å². The quantitative estimate of drug-likeness (QED) is 0.630. The molecule has 26 heavy (non-hydrogen) atoms. The SMILES string of the molecule is COc1ccccc1-c1noc(COC(=O)c2ccc(N(C)C)cc2)n1. The standard InChI is InChI=1S/C19H19N3O4/c1-22(2)14-10-8-13(9-11-14)19(23)25-12-17-20-18(21-26-17)15-6-4-5-7-16(15)24-3/h4-11H,12H2,1-3H3. The van der Waals surface area contributed by atoms with Crippen LogP contribution in [0.15, 0.2) is 53.1 Å². The van der Waals surface area contributed by atoms with E-state index in [1.54, 1.807) is 19.2 Å². The molecule has 0 fully saturated rings. The molecule has 0 aliphatic carbocycles. The minimum absolute atomic E-state index is 0.101. The van der Waals surface area contributed by atoms with Crippen LogP contribution in [0.2, 0.25) is 0 Å². The normalized spacial score (nSPS) is 10.4. The van der Waals surface area contributed by atoms with Gasteiger partial charge in [0.15, 0.2) is 6.61 Å². The fraction of sp³-hybridized carbons (Fsp3) is 0.211. The van der Waals surface area contributed by atoms with Crippen molar-refractivity contribution in [3.8, 4) is 17.1 Å². The zero-order valence-electron chi connectivity index (χ0n) is 14.8. The Morgan fingerprint density at radius 1 is 1.12 bits per heavy atom. The van der Waals surface area contributed by atoms with Crippen LogP contribution in [0.1, 0.15) is 16.2 Å². The fourth-order valence-corrected chi connectivity index (χ4v) is 2.36. The van der Waals surface area contributed by atoms with E-state index in [2.05, 4.69) is 10.1 Å². The first kappa shape index (κ1) is 17.5. The number of benzene rings is 2. The Hall–Kier alpha value is -3.35. The van der Waals surface area contributed by atoms with Gasteiger partial charge in [-0.25, -0.2) is 4.79 Å². The Kier molecular flexibility index (Phi) is 5.17. The summed E-state index contributed by atoms with van der Waals surface area (Å²) in [6.45, 7) is -0.101. The average Bonchev–Trinajstić information content (AvgIpc) is 3.15. The van der Waals surface area contributed by atoms with E-state index in [0.29, 0.717) is 22.7 Å². The summed E-state index contributed by atoms with van der Waals surface area (Å²) in [5.74, 6) is 0.776. The average molecular weight is 353 g/mol. The maximum atomic E-state index is 12.1. The van der Waals surface area contributed by atoms with Crippen molar-refractivity contribution in [3.63, 3.8) is 0 Å². The van der Waals surface area contributed by atoms with Crippen molar-refractivity contribution in [2.45, 2.75) is 6.61 Å². The number of nitrogens with zero attached hydrogens (tertiary/aromatic N) is 3. The lowest BCUT2D eigenvalue weighted by Crippen LogP contribution is -2.09. The molecular weight excluding hydrogens is 334 g/mol. The molecule has 7 heteroatoms. The van der Waals surface area contributed by atoms with Crippen molar-refractivity contribution >= 4 is 11.7 Å². The van der Waals surface area contributed by atoms with E-state index in [0.717, 1.165) is 5.69 Å². The van der Waals surface area contributed by atoms with Gasteiger partial charge in [-0.1, -0.05) is 17.3 Å². The zero-order chi connectivity index (χ0) is 18.5. The minimum atomic E-state index is -0.452. The molecule has 0 amide bonds. The highest BCUT2D eigenvalue weighted by atomic mass is 16.6. The molecule has 0 bridgehead atoms. The van der Waals surface area contributed by atoms with Crippen LogP contribution in [-0.2, 0) is 11.3 Å². The Bertz CT molecular complexity index is 888. The topological polar surface area (TPSA) is 77.7 Å². The highest BCUT2D eigenvalue weighted by Gasteiger charge is 2.15. The van der Waals surface area contributed by atoms with Crippen molar-refractivity contribution in [1.82, 2.24) is 10.1 Å². The predicted molar refractivity (Wildman–Crippen MR) is 96.2 cm³/mol. The molecule has 0 aliphatic rings. The van der Waals surface area contributed by atoms with Crippen LogP contribution in [0, 0.1) is 0 Å². The maximum Gasteiger partial charge on any atom is 0.338 e. The molecule has 3 aromatic rings. The third kappa shape index (κ3) is 3.83. The van der Waals surface area contributed by atoms with E-state index < -0.39 is 5.97 Å². The number of anilines is 1. The molecule has 0 aliphatic heterocycles. The Balaban J connectivity index is 1.65. The number of rotatable bonds is 6. The molecule has 134 valence electrons. The number of aromatic nitrogens is 2. The van der Waals surface area contributed by atoms with Gasteiger partial charge < -0.3 is 18.9 Å². The highest BCUT2D eigenvalue weighted by molar-refractivity contribution is 5.89.